The molecule has 3 rings (SSSR count). The molecule has 1 N–H and O–H groups in total. The lowest BCUT2D eigenvalue weighted by molar-refractivity contribution is -0.122. The van der Waals surface area contributed by atoms with Crippen LogP contribution >= 0.6 is 35.0 Å². The monoisotopic (exact) mass is 392 g/mol. The van der Waals surface area contributed by atoms with Gasteiger partial charge in [0.2, 0.25) is 0 Å². The fraction of sp³-hybridized carbons (Fsp3) is 0.111. The van der Waals surface area contributed by atoms with Gasteiger partial charge in [-0.3, -0.25) is 9.69 Å². The van der Waals surface area contributed by atoms with E-state index < -0.39 is 0 Å². The van der Waals surface area contributed by atoms with Gasteiger partial charge in [0.15, 0.2) is 5.17 Å². The summed E-state index contributed by atoms with van der Waals surface area (Å²) in [7, 11) is 0. The summed E-state index contributed by atoms with van der Waals surface area (Å²) in [4.78, 5) is 19.2. The van der Waals surface area contributed by atoms with Gasteiger partial charge in [0.25, 0.3) is 5.91 Å². The fourth-order valence-corrected chi connectivity index (χ4v) is 3.87. The van der Waals surface area contributed by atoms with Crippen molar-refractivity contribution in [2.75, 3.05) is 6.54 Å². The number of aromatic hydroxyl groups is 1. The molecule has 0 radical (unpaired) electrons. The van der Waals surface area contributed by atoms with Crippen molar-refractivity contribution >= 4 is 57.8 Å². The number of phenols is 1. The van der Waals surface area contributed by atoms with Crippen molar-refractivity contribution < 1.29 is 9.90 Å². The van der Waals surface area contributed by atoms with Crippen LogP contribution in [0.4, 0.5) is 5.69 Å². The van der Waals surface area contributed by atoms with E-state index in [1.54, 1.807) is 53.4 Å². The molecule has 2 aromatic rings. The highest BCUT2D eigenvalue weighted by Crippen LogP contribution is 2.36. The number of benzene rings is 2. The first kappa shape index (κ1) is 17.9. The number of likely N-dealkylation sites (N-methyl/N-ethyl adjacent to an activating group) is 1. The van der Waals surface area contributed by atoms with Gasteiger partial charge < -0.3 is 5.11 Å². The molecular formula is C18H14Cl2N2O2S. The Morgan fingerprint density at radius 3 is 2.52 bits per heavy atom. The van der Waals surface area contributed by atoms with Gasteiger partial charge in [0.05, 0.1) is 10.6 Å². The third-order valence-electron chi connectivity index (χ3n) is 3.53. The highest BCUT2D eigenvalue weighted by molar-refractivity contribution is 8.18. The van der Waals surface area contributed by atoms with Crippen LogP contribution in [0.2, 0.25) is 10.0 Å². The van der Waals surface area contributed by atoms with Gasteiger partial charge in [0.1, 0.15) is 5.75 Å². The van der Waals surface area contributed by atoms with E-state index >= 15 is 0 Å². The Kier molecular flexibility index (Phi) is 5.37. The zero-order chi connectivity index (χ0) is 18.0. The summed E-state index contributed by atoms with van der Waals surface area (Å²) in [6, 6.07) is 11.8. The molecule has 1 aliphatic heterocycles. The van der Waals surface area contributed by atoms with E-state index in [9.17, 15) is 9.90 Å². The lowest BCUT2D eigenvalue weighted by Crippen LogP contribution is -2.28. The minimum atomic E-state index is -0.151. The van der Waals surface area contributed by atoms with Gasteiger partial charge in [0, 0.05) is 28.2 Å². The standard InChI is InChI=1S/C18H14Cl2N2O2S/c1-2-22-17(24)16(10-13-14(19)7-4-8-15(13)20)25-18(22)21-11-5-3-6-12(23)9-11/h3-10,23H,2H2,1H3/b16-10-,21-18?. The maximum absolute atomic E-state index is 12.7. The number of aliphatic imine (C=N–C) groups is 1. The summed E-state index contributed by atoms with van der Waals surface area (Å²) < 4.78 is 0. The van der Waals surface area contributed by atoms with Crippen LogP contribution in [0, 0.1) is 0 Å². The molecule has 0 spiro atoms. The van der Waals surface area contributed by atoms with Crippen molar-refractivity contribution in [3.05, 3.63) is 63.0 Å². The summed E-state index contributed by atoms with van der Waals surface area (Å²) in [5, 5.41) is 11.1. The van der Waals surface area contributed by atoms with E-state index in [1.807, 2.05) is 6.92 Å². The molecule has 128 valence electrons. The Morgan fingerprint density at radius 2 is 1.88 bits per heavy atom. The average Bonchev–Trinajstić information content (AvgIpc) is 2.86. The van der Waals surface area contributed by atoms with Crippen LogP contribution in [0.1, 0.15) is 12.5 Å². The number of halogens is 2. The number of carbonyl (C=O) groups is 1. The Balaban J connectivity index is 1.99. The lowest BCUT2D eigenvalue weighted by atomic mass is 10.2. The molecule has 4 nitrogen and oxygen atoms in total. The van der Waals surface area contributed by atoms with E-state index in [2.05, 4.69) is 4.99 Å². The molecule has 25 heavy (non-hydrogen) atoms. The molecule has 1 heterocycles. The Hall–Kier alpha value is -1.95. The van der Waals surface area contributed by atoms with Crippen molar-refractivity contribution in [2.24, 2.45) is 4.99 Å². The predicted molar refractivity (Wildman–Crippen MR) is 105 cm³/mol. The highest BCUT2D eigenvalue weighted by Gasteiger charge is 2.32. The topological polar surface area (TPSA) is 52.9 Å². The van der Waals surface area contributed by atoms with Crippen LogP contribution < -0.4 is 0 Å². The first-order chi connectivity index (χ1) is 12.0. The molecule has 1 fully saturated rings. The van der Waals surface area contributed by atoms with E-state index in [0.29, 0.717) is 37.9 Å². The smallest absolute Gasteiger partial charge is 0.266 e. The number of rotatable bonds is 3. The number of nitrogens with zero attached hydrogens (tertiary/aromatic N) is 2. The van der Waals surface area contributed by atoms with Crippen molar-refractivity contribution in [1.82, 2.24) is 4.90 Å². The zero-order valence-corrected chi connectivity index (χ0v) is 15.6. The zero-order valence-electron chi connectivity index (χ0n) is 13.2. The largest absolute Gasteiger partial charge is 0.508 e. The molecule has 0 atom stereocenters. The second-order valence-electron chi connectivity index (χ2n) is 5.21. The third-order valence-corrected chi connectivity index (χ3v) is 5.20. The lowest BCUT2D eigenvalue weighted by Gasteiger charge is -2.12. The maximum Gasteiger partial charge on any atom is 0.266 e. The van der Waals surface area contributed by atoms with Crippen molar-refractivity contribution in [3.8, 4) is 5.75 Å². The Labute approximate surface area is 159 Å². The van der Waals surface area contributed by atoms with Gasteiger partial charge in [-0.15, -0.1) is 0 Å². The molecule has 1 aliphatic rings. The number of thioether (sulfide) groups is 1. The maximum atomic E-state index is 12.7. The van der Waals surface area contributed by atoms with E-state index in [0.717, 1.165) is 0 Å². The summed E-state index contributed by atoms with van der Waals surface area (Å²) in [6.45, 7) is 2.36. The quantitative estimate of drug-likeness (QED) is 0.718. The number of carbonyl (C=O) groups excluding carboxylic acids is 1. The molecule has 0 bridgehead atoms. The van der Waals surface area contributed by atoms with Gasteiger partial charge in [-0.05, 0) is 49.0 Å². The summed E-state index contributed by atoms with van der Waals surface area (Å²) in [5.74, 6) is -0.0276. The van der Waals surface area contributed by atoms with E-state index in [4.69, 9.17) is 23.2 Å². The molecule has 0 aliphatic carbocycles. The normalized spacial score (nSPS) is 17.7. The molecule has 2 aromatic carbocycles. The molecule has 1 saturated heterocycles. The number of amidine groups is 1. The van der Waals surface area contributed by atoms with Crippen molar-refractivity contribution in [3.63, 3.8) is 0 Å². The molecular weight excluding hydrogens is 379 g/mol. The number of hydrogen-bond donors (Lipinski definition) is 1. The molecule has 0 saturated carbocycles. The summed E-state index contributed by atoms with van der Waals surface area (Å²) >= 11 is 13.6. The number of hydrogen-bond acceptors (Lipinski definition) is 4. The van der Waals surface area contributed by atoms with Gasteiger partial charge in [-0.1, -0.05) is 35.3 Å². The number of phenolic OH excluding ortho intramolecular Hbond substituents is 1. The fourth-order valence-electron chi connectivity index (χ4n) is 2.32. The van der Waals surface area contributed by atoms with E-state index in [1.165, 1.54) is 11.8 Å². The van der Waals surface area contributed by atoms with Crippen molar-refractivity contribution in [2.45, 2.75) is 6.92 Å². The Bertz CT molecular complexity index is 876. The molecule has 0 aromatic heterocycles. The minimum Gasteiger partial charge on any atom is -0.508 e. The second kappa shape index (κ2) is 7.52. The minimum absolute atomic E-state index is 0.123. The average molecular weight is 393 g/mol. The SMILES string of the molecule is CCN1C(=O)/C(=C/c2c(Cl)cccc2Cl)SC1=Nc1cccc(O)c1. The van der Waals surface area contributed by atoms with Gasteiger partial charge >= 0.3 is 0 Å². The van der Waals surface area contributed by atoms with Crippen LogP contribution in [-0.2, 0) is 4.79 Å². The number of amides is 1. The molecule has 0 unspecified atom stereocenters. The van der Waals surface area contributed by atoms with Crippen LogP contribution in [0.25, 0.3) is 6.08 Å². The third kappa shape index (κ3) is 3.84. The van der Waals surface area contributed by atoms with Crippen molar-refractivity contribution in [1.29, 1.82) is 0 Å². The van der Waals surface area contributed by atoms with Crippen LogP contribution in [0.5, 0.6) is 5.75 Å². The predicted octanol–water partition coefficient (Wildman–Crippen LogP) is 5.32. The summed E-state index contributed by atoms with van der Waals surface area (Å²) in [5.41, 5.74) is 1.18. The first-order valence-electron chi connectivity index (χ1n) is 7.52. The second-order valence-corrected chi connectivity index (χ2v) is 7.03. The van der Waals surface area contributed by atoms with Crippen LogP contribution in [0.3, 0.4) is 0 Å². The first-order valence-corrected chi connectivity index (χ1v) is 9.10. The van der Waals surface area contributed by atoms with Crippen LogP contribution in [0.15, 0.2) is 52.4 Å². The molecule has 7 heteroatoms. The highest BCUT2D eigenvalue weighted by atomic mass is 35.5. The Morgan fingerprint density at radius 1 is 1.20 bits per heavy atom. The van der Waals surface area contributed by atoms with Crippen LogP contribution in [-0.4, -0.2) is 27.6 Å². The summed E-state index contributed by atoms with van der Waals surface area (Å²) in [6.07, 6.45) is 1.69. The molecule has 1 amide bonds. The van der Waals surface area contributed by atoms with Gasteiger partial charge in [-0.2, -0.15) is 0 Å². The van der Waals surface area contributed by atoms with E-state index in [-0.39, 0.29) is 11.7 Å². The van der Waals surface area contributed by atoms with Gasteiger partial charge in [-0.25, -0.2) is 4.99 Å².